The lowest BCUT2D eigenvalue weighted by molar-refractivity contribution is -0.123. The van der Waals surface area contributed by atoms with Gasteiger partial charge in [-0.15, -0.1) is 0 Å². The molecular weight excluding hydrogens is 362 g/mol. The van der Waals surface area contributed by atoms with Crippen LogP contribution in [0.4, 0.5) is 10.5 Å². The van der Waals surface area contributed by atoms with E-state index < -0.39 is 18.0 Å². The van der Waals surface area contributed by atoms with E-state index in [1.165, 1.54) is 19.1 Å². The first kappa shape index (κ1) is 25.4. The molecule has 0 aliphatic rings. The van der Waals surface area contributed by atoms with Crippen molar-refractivity contribution in [1.29, 1.82) is 0 Å². The minimum atomic E-state index is -0.729. The number of likely N-dealkylation sites (N-methyl/N-ethyl adjacent to an activating group) is 1. The van der Waals surface area contributed by atoms with E-state index in [2.05, 4.69) is 5.32 Å². The molecule has 28 heavy (non-hydrogen) atoms. The Bertz CT molecular complexity index is 617. The van der Waals surface area contributed by atoms with Crippen LogP contribution >= 0.6 is 0 Å². The molecule has 1 unspecified atom stereocenters. The molecule has 1 atom stereocenters. The Morgan fingerprint density at radius 1 is 1.14 bits per heavy atom. The lowest BCUT2D eigenvalue weighted by atomic mass is 10.0. The van der Waals surface area contributed by atoms with Crippen LogP contribution < -0.4 is 11.1 Å². The van der Waals surface area contributed by atoms with Gasteiger partial charge in [0.2, 0.25) is 11.8 Å². The van der Waals surface area contributed by atoms with Crippen molar-refractivity contribution in [2.75, 3.05) is 26.1 Å². The minimum Gasteiger partial charge on any atom is -0.445 e. The molecule has 0 aromatic heterocycles. The number of carbonyl (C=O) groups is 3. The zero-order valence-corrected chi connectivity index (χ0v) is 17.7. The maximum absolute atomic E-state index is 12.1. The molecule has 0 bridgehead atoms. The van der Waals surface area contributed by atoms with Gasteiger partial charge < -0.3 is 20.5 Å². The molecular formula is C20H33N3O5. The summed E-state index contributed by atoms with van der Waals surface area (Å²) in [6, 6.07) is 6.20. The molecule has 1 rings (SSSR count). The molecule has 0 saturated heterocycles. The summed E-state index contributed by atoms with van der Waals surface area (Å²) < 4.78 is 10.1. The molecule has 0 saturated carbocycles. The van der Waals surface area contributed by atoms with Crippen LogP contribution in [0.25, 0.3) is 0 Å². The Balaban J connectivity index is 0.00000352. The minimum absolute atomic E-state index is 0.0463. The highest BCUT2D eigenvalue weighted by Crippen LogP contribution is 2.13. The molecule has 158 valence electrons. The quantitative estimate of drug-likeness (QED) is 0.668. The van der Waals surface area contributed by atoms with E-state index in [1.54, 1.807) is 38.1 Å². The fraction of sp³-hybridized carbons (Fsp3) is 0.550. The highest BCUT2D eigenvalue weighted by atomic mass is 16.6. The summed E-state index contributed by atoms with van der Waals surface area (Å²) in [4.78, 5) is 36.4. The van der Waals surface area contributed by atoms with Crippen molar-refractivity contribution < 1.29 is 23.9 Å². The number of anilines is 1. The van der Waals surface area contributed by atoms with Crippen LogP contribution in [0.3, 0.4) is 0 Å². The maximum Gasteiger partial charge on any atom is 0.410 e. The lowest BCUT2D eigenvalue weighted by Crippen LogP contribution is -2.48. The second-order valence-electron chi connectivity index (χ2n) is 6.24. The van der Waals surface area contributed by atoms with E-state index in [0.29, 0.717) is 12.3 Å². The van der Waals surface area contributed by atoms with E-state index in [9.17, 15) is 14.4 Å². The number of amides is 3. The summed E-state index contributed by atoms with van der Waals surface area (Å²) in [5, 5.41) is 2.74. The van der Waals surface area contributed by atoms with Gasteiger partial charge in [-0.2, -0.15) is 0 Å². The monoisotopic (exact) mass is 395 g/mol. The largest absolute Gasteiger partial charge is 0.445 e. The number of nitrogens with zero attached hydrogens (tertiary/aromatic N) is 1. The molecule has 1 aromatic carbocycles. The molecule has 8 nitrogen and oxygen atoms in total. The normalized spacial score (nSPS) is 11.1. The number of primary amides is 1. The van der Waals surface area contributed by atoms with Crippen molar-refractivity contribution in [3.8, 4) is 0 Å². The topological polar surface area (TPSA) is 111 Å². The van der Waals surface area contributed by atoms with Crippen LogP contribution in [0.5, 0.6) is 0 Å². The fourth-order valence-electron chi connectivity index (χ4n) is 2.43. The van der Waals surface area contributed by atoms with Crippen LogP contribution in [0.15, 0.2) is 24.3 Å². The number of rotatable bonds is 9. The molecule has 3 amide bonds. The first-order valence-electron chi connectivity index (χ1n) is 9.32. The van der Waals surface area contributed by atoms with E-state index >= 15 is 0 Å². The predicted molar refractivity (Wildman–Crippen MR) is 109 cm³/mol. The lowest BCUT2D eigenvalue weighted by Gasteiger charge is -2.27. The third-order valence-electron chi connectivity index (χ3n) is 3.76. The highest BCUT2D eigenvalue weighted by molar-refractivity contribution is 5.90. The zero-order valence-electron chi connectivity index (χ0n) is 17.7. The predicted octanol–water partition coefficient (Wildman–Crippen LogP) is 2.77. The van der Waals surface area contributed by atoms with Gasteiger partial charge in [-0.3, -0.25) is 14.5 Å². The first-order chi connectivity index (χ1) is 13.3. The number of nitrogens with one attached hydrogen (secondary N) is 1. The number of benzene rings is 1. The summed E-state index contributed by atoms with van der Waals surface area (Å²) in [6.45, 7) is 8.01. The van der Waals surface area contributed by atoms with E-state index in [1.807, 2.05) is 13.8 Å². The molecule has 0 radical (unpaired) electrons. The number of methoxy groups -OCH3 is 1. The fourth-order valence-corrected chi connectivity index (χ4v) is 2.43. The van der Waals surface area contributed by atoms with Crippen molar-refractivity contribution in [3.05, 3.63) is 29.8 Å². The Hall–Kier alpha value is -2.61. The summed E-state index contributed by atoms with van der Waals surface area (Å²) >= 11 is 0. The number of hydrogen-bond donors (Lipinski definition) is 2. The van der Waals surface area contributed by atoms with Crippen LogP contribution in [-0.2, 0) is 25.7 Å². The molecule has 0 aliphatic carbocycles. The third kappa shape index (κ3) is 8.85. The smallest absolute Gasteiger partial charge is 0.410 e. The molecule has 0 aliphatic heterocycles. The van der Waals surface area contributed by atoms with Crippen LogP contribution in [0.2, 0.25) is 0 Å². The summed E-state index contributed by atoms with van der Waals surface area (Å²) in [7, 11) is 3.02. The summed E-state index contributed by atoms with van der Waals surface area (Å²) in [5.41, 5.74) is 6.74. The van der Waals surface area contributed by atoms with E-state index in [-0.39, 0.29) is 24.9 Å². The van der Waals surface area contributed by atoms with Gasteiger partial charge in [0, 0.05) is 19.8 Å². The molecule has 0 spiro atoms. The Labute approximate surface area is 167 Å². The van der Waals surface area contributed by atoms with Crippen molar-refractivity contribution in [3.63, 3.8) is 0 Å². The van der Waals surface area contributed by atoms with Crippen molar-refractivity contribution in [2.45, 2.75) is 46.8 Å². The van der Waals surface area contributed by atoms with Gasteiger partial charge in [0.05, 0.1) is 13.0 Å². The molecule has 1 aromatic rings. The Morgan fingerprint density at radius 3 is 2.18 bits per heavy atom. The van der Waals surface area contributed by atoms with Crippen LogP contribution in [-0.4, -0.2) is 49.6 Å². The van der Waals surface area contributed by atoms with E-state index in [4.69, 9.17) is 15.2 Å². The highest BCUT2D eigenvalue weighted by Gasteiger charge is 2.28. The third-order valence-corrected chi connectivity index (χ3v) is 3.76. The van der Waals surface area contributed by atoms with Crippen molar-refractivity contribution in [1.82, 2.24) is 4.90 Å². The molecule has 0 heterocycles. The average molecular weight is 396 g/mol. The second-order valence-corrected chi connectivity index (χ2v) is 6.24. The maximum atomic E-state index is 12.1. The Morgan fingerprint density at radius 2 is 1.71 bits per heavy atom. The molecule has 0 fully saturated rings. The van der Waals surface area contributed by atoms with Gasteiger partial charge in [-0.1, -0.05) is 39.8 Å². The number of ether oxygens (including phenoxy) is 2. The van der Waals surface area contributed by atoms with Crippen LogP contribution in [0, 0.1) is 5.92 Å². The van der Waals surface area contributed by atoms with Gasteiger partial charge in [0.25, 0.3) is 0 Å². The Kier molecular flexibility index (Phi) is 12.3. The molecule has 8 heteroatoms. The van der Waals surface area contributed by atoms with Gasteiger partial charge in [-0.25, -0.2) is 4.79 Å². The van der Waals surface area contributed by atoms with Crippen molar-refractivity contribution in [2.24, 2.45) is 11.7 Å². The summed E-state index contributed by atoms with van der Waals surface area (Å²) in [6.07, 6.45) is -0.349. The number of nitrogens with two attached hydrogens (primary N) is 1. The summed E-state index contributed by atoms with van der Waals surface area (Å²) in [5.74, 6) is -0.835. The van der Waals surface area contributed by atoms with Crippen molar-refractivity contribution >= 4 is 23.6 Å². The number of carbonyl (C=O) groups excluding carboxylic acids is 3. The van der Waals surface area contributed by atoms with Crippen LogP contribution in [0.1, 0.15) is 39.7 Å². The van der Waals surface area contributed by atoms with E-state index in [0.717, 1.165) is 5.56 Å². The average Bonchev–Trinajstić information content (AvgIpc) is 2.66. The standard InChI is InChI=1S/C18H27N3O5.C2H6/c1-12(2)16(17(19)23)21(3)18(24)26-11-13-5-7-14(8-6-13)20-15(22)9-10-25-4;1-2/h5-8,12,16H,9-11H2,1-4H3,(H2,19,23)(H,20,22);1-2H3. The van der Waals surface area contributed by atoms with Gasteiger partial charge in [0.1, 0.15) is 12.6 Å². The SMILES string of the molecule is CC.COCCC(=O)Nc1ccc(COC(=O)N(C)C(C(N)=O)C(C)C)cc1. The van der Waals surface area contributed by atoms with Gasteiger partial charge >= 0.3 is 6.09 Å². The molecule has 3 N–H and O–H groups in total. The second kappa shape index (κ2) is 13.5. The van der Waals surface area contributed by atoms with Gasteiger partial charge in [0.15, 0.2) is 0 Å². The zero-order chi connectivity index (χ0) is 21.7. The van der Waals surface area contributed by atoms with Gasteiger partial charge in [-0.05, 0) is 23.6 Å². The number of hydrogen-bond acceptors (Lipinski definition) is 5. The first-order valence-corrected chi connectivity index (χ1v) is 9.32.